The lowest BCUT2D eigenvalue weighted by molar-refractivity contribution is -0.152. The predicted molar refractivity (Wildman–Crippen MR) is 289 cm³/mol. The molecule has 0 aliphatic carbocycles. The summed E-state index contributed by atoms with van der Waals surface area (Å²) in [6.07, 6.45) is -1.41. The van der Waals surface area contributed by atoms with Gasteiger partial charge in [-0.2, -0.15) is 9.97 Å². The highest BCUT2D eigenvalue weighted by Crippen LogP contribution is 2.53. The molecule has 2 unspecified atom stereocenters. The molecular weight excluding hydrogens is 1110 g/mol. The summed E-state index contributed by atoms with van der Waals surface area (Å²) in [4.78, 5) is 61.9. The summed E-state index contributed by atoms with van der Waals surface area (Å²) >= 11 is 0. The highest BCUT2D eigenvalue weighted by Gasteiger charge is 2.58. The molecule has 2 aromatic carbocycles. The number of benzene rings is 2. The van der Waals surface area contributed by atoms with Gasteiger partial charge in [0.05, 0.1) is 60.4 Å². The number of fused-ring (bicyclic) bond motifs is 2. The summed E-state index contributed by atoms with van der Waals surface area (Å²) in [5.41, 5.74) is 3.87. The van der Waals surface area contributed by atoms with Gasteiger partial charge in [0.15, 0.2) is 40.8 Å². The molecule has 0 bridgehead atoms. The number of hydrogen-bond acceptors (Lipinski definition) is 22. The highest BCUT2D eigenvalue weighted by molar-refractivity contribution is 7.54. The SMILES string of the molecule is [2H]C([2H])(O[P@@](=O)(C[C@@H](C)C(=O)OC(C)C)Oc1ccccc1)[C@H]1O[C@@H](n2cc(F)c3c(=O)[nH]c(N)nc32)C(O)(C#C)[C@H]1O.[2H]C([2H])(O[P@@](=O)(C[C@@H](C)C(=O)OC(C)C)Oc1ccccc1)[C@H]1O[C@@H](n2ccc3c(=O)[nH]c(N)nc32)C(O)(C#C)[C@H]1O. The van der Waals surface area contributed by atoms with Gasteiger partial charge in [0, 0.05) is 12.4 Å². The van der Waals surface area contributed by atoms with Crippen molar-refractivity contribution in [1.82, 2.24) is 29.1 Å². The number of nitrogens with one attached hydrogen (secondary N) is 2. The van der Waals surface area contributed by atoms with E-state index in [4.69, 9.17) is 66.8 Å². The first-order valence-electron chi connectivity index (χ1n) is 26.6. The number of terminal acetylenes is 2. The number of nitrogen functional groups attached to an aromatic ring is 2. The molecule has 2 aliphatic rings. The first kappa shape index (κ1) is 55.5. The van der Waals surface area contributed by atoms with Crippen molar-refractivity contribution >= 4 is 61.1 Å². The van der Waals surface area contributed by atoms with Gasteiger partial charge in [-0.25, -0.2) is 13.5 Å². The number of hydrogen-bond donors (Lipinski definition) is 8. The number of esters is 2. The second-order valence-electron chi connectivity index (χ2n) is 19.2. The number of H-pyrrole nitrogens is 2. The van der Waals surface area contributed by atoms with Gasteiger partial charge in [0.1, 0.15) is 41.3 Å². The van der Waals surface area contributed by atoms with Crippen molar-refractivity contribution in [2.24, 2.45) is 11.8 Å². The molecule has 26 nitrogen and oxygen atoms in total. The average molecular weight is 1170 g/mol. The Bertz CT molecular complexity index is 3750. The number of ether oxygens (including phenoxy) is 4. The van der Waals surface area contributed by atoms with Crippen LogP contribution in [-0.2, 0) is 46.7 Å². The first-order valence-corrected chi connectivity index (χ1v) is 28.1. The Hall–Kier alpha value is -7.39. The lowest BCUT2D eigenvalue weighted by atomic mass is 9.95. The number of nitrogens with two attached hydrogens (primary N) is 2. The minimum atomic E-state index is -4.63. The second-order valence-corrected chi connectivity index (χ2v) is 23.1. The standard InChI is InChI=1S/C26H30FN4O9P.C26H31N4O9P/c1-5-26(35)20(32)18(39-24(26)31-11-17(27)19-21(31)29-25(28)30-22(19)33)12-37-41(36,40-16-9-7-6-8-10-16)13-15(4)23(34)38-14(2)3;1-5-26(34)20(31)19(38-24(26)30-12-11-18-21(30)28-25(27)29-22(18)32)13-36-40(35,39-17-9-7-6-8-10-17)14-16(4)23(33)37-15(2)3/h1,6-11,14-15,18,20,24,32,35H,12-13H2,2-4H3,(H3,28,29,30,33);1,6-12,15-16,19-20,24,31,34H,13-14H2,2-4H3,(H3,27,28,29,32)/t15-,18-,20+,24-,26?,41+;16-,19-,20+,24-,26?,40+/m11/s1/i12D2;13D2. The molecule has 0 spiro atoms. The summed E-state index contributed by atoms with van der Waals surface area (Å²) in [6.45, 7) is 2.93. The molecule has 29 heteroatoms. The van der Waals surface area contributed by atoms with E-state index in [9.17, 15) is 53.1 Å². The Balaban J connectivity index is 0.000000244. The molecule has 434 valence electrons. The molecular formula is C52H61FN8O18P2. The summed E-state index contributed by atoms with van der Waals surface area (Å²) in [5.74, 6) is -1.38. The highest BCUT2D eigenvalue weighted by atomic mass is 31.2. The van der Waals surface area contributed by atoms with Crippen LogP contribution in [0.3, 0.4) is 0 Å². The van der Waals surface area contributed by atoms with Gasteiger partial charge in [-0.15, -0.1) is 12.8 Å². The van der Waals surface area contributed by atoms with Crippen LogP contribution in [0.2, 0.25) is 0 Å². The molecule has 12 atom stereocenters. The van der Waals surface area contributed by atoms with Crippen LogP contribution in [0.25, 0.3) is 22.1 Å². The fourth-order valence-corrected chi connectivity index (χ4v) is 11.7. The van der Waals surface area contributed by atoms with E-state index in [1.807, 2.05) is 11.8 Å². The van der Waals surface area contributed by atoms with Crippen LogP contribution in [-0.4, -0.2) is 135 Å². The van der Waals surface area contributed by atoms with Crippen molar-refractivity contribution in [3.05, 3.63) is 106 Å². The van der Waals surface area contributed by atoms with Crippen LogP contribution in [0.1, 0.15) is 59.5 Å². The van der Waals surface area contributed by atoms with Crippen molar-refractivity contribution in [3.8, 4) is 36.2 Å². The number of para-hydroxylation sites is 2. The molecule has 6 aromatic rings. The Kier molecular flexibility index (Phi) is 17.0. The number of aromatic amines is 2. The quantitative estimate of drug-likeness (QED) is 0.0306. The Morgan fingerprint density at radius 2 is 1.16 bits per heavy atom. The number of rotatable bonds is 20. The maximum absolute atomic E-state index is 14.8. The van der Waals surface area contributed by atoms with Gasteiger partial charge in [-0.05, 0) is 58.0 Å². The molecule has 4 aromatic heterocycles. The van der Waals surface area contributed by atoms with Crippen LogP contribution in [0.15, 0.2) is 88.7 Å². The van der Waals surface area contributed by atoms with Crippen LogP contribution >= 0.6 is 15.2 Å². The third kappa shape index (κ3) is 13.5. The number of halogens is 1. The Morgan fingerprint density at radius 3 is 1.59 bits per heavy atom. The number of aromatic nitrogens is 6. The summed E-state index contributed by atoms with van der Waals surface area (Å²) in [7, 11) is -9.19. The van der Waals surface area contributed by atoms with Gasteiger partial charge < -0.3 is 64.5 Å². The van der Waals surface area contributed by atoms with Gasteiger partial charge in [-0.1, -0.05) is 62.1 Å². The lowest BCUT2D eigenvalue weighted by Gasteiger charge is -2.26. The van der Waals surface area contributed by atoms with Gasteiger partial charge in [-0.3, -0.25) is 42.8 Å². The summed E-state index contributed by atoms with van der Waals surface area (Å²) < 4.78 is 123. The van der Waals surface area contributed by atoms with Crippen LogP contribution in [0.4, 0.5) is 16.3 Å². The van der Waals surface area contributed by atoms with Crippen molar-refractivity contribution in [2.75, 3.05) is 36.9 Å². The van der Waals surface area contributed by atoms with Gasteiger partial charge >= 0.3 is 27.1 Å². The van der Waals surface area contributed by atoms with Crippen molar-refractivity contribution in [2.45, 2.75) is 102 Å². The number of anilines is 2. The molecule has 0 saturated carbocycles. The minimum Gasteiger partial charge on any atom is -0.463 e. The second kappa shape index (κ2) is 24.8. The Morgan fingerprint density at radius 1 is 0.741 bits per heavy atom. The monoisotopic (exact) mass is 1170 g/mol. The smallest absolute Gasteiger partial charge is 0.380 e. The number of carbonyl (C=O) groups is 2. The molecule has 81 heavy (non-hydrogen) atoms. The Labute approximate surface area is 467 Å². The van der Waals surface area contributed by atoms with E-state index in [1.165, 1.54) is 50.4 Å². The largest absolute Gasteiger partial charge is 0.463 e. The summed E-state index contributed by atoms with van der Waals surface area (Å²) in [5, 5.41) is 44.2. The molecule has 2 fully saturated rings. The van der Waals surface area contributed by atoms with E-state index < -0.39 is 159 Å². The fourth-order valence-electron chi connectivity index (χ4n) is 8.25. The van der Waals surface area contributed by atoms with Crippen molar-refractivity contribution in [1.29, 1.82) is 0 Å². The van der Waals surface area contributed by atoms with E-state index >= 15 is 0 Å². The normalized spacial score (nSPS) is 25.8. The maximum atomic E-state index is 14.8. The molecule has 2 aliphatic heterocycles. The zero-order valence-electron chi connectivity index (χ0n) is 48.1. The van der Waals surface area contributed by atoms with Gasteiger partial charge in [0.2, 0.25) is 11.9 Å². The molecule has 8 rings (SSSR count). The molecule has 0 amide bonds. The first-order chi connectivity index (χ1) is 39.6. The molecule has 6 heterocycles. The molecule has 0 radical (unpaired) electrons. The van der Waals surface area contributed by atoms with E-state index in [0.29, 0.717) is 6.20 Å². The fraction of sp³-hybridized carbons (Fsp3) is 0.423. The summed E-state index contributed by atoms with van der Waals surface area (Å²) in [6, 6.07) is 16.7. The van der Waals surface area contributed by atoms with E-state index in [2.05, 4.69) is 19.9 Å². The van der Waals surface area contributed by atoms with Crippen molar-refractivity contribution < 1.29 is 86.1 Å². The van der Waals surface area contributed by atoms with Crippen molar-refractivity contribution in [3.63, 3.8) is 0 Å². The van der Waals surface area contributed by atoms with E-state index in [0.717, 1.165) is 9.13 Å². The van der Waals surface area contributed by atoms with E-state index in [-0.39, 0.29) is 28.5 Å². The third-order valence-corrected chi connectivity index (χ3v) is 15.8. The number of aliphatic hydroxyl groups excluding tert-OH is 2. The number of nitrogens with zero attached hydrogens (tertiary/aromatic N) is 4. The average Bonchev–Trinajstić information content (AvgIpc) is 1.80. The van der Waals surface area contributed by atoms with E-state index in [1.54, 1.807) is 64.1 Å². The zero-order valence-corrected chi connectivity index (χ0v) is 45.9. The minimum absolute atomic E-state index is 0.0140. The van der Waals surface area contributed by atoms with Crippen LogP contribution in [0.5, 0.6) is 11.5 Å². The molecule has 2 saturated heterocycles. The third-order valence-electron chi connectivity index (χ3n) is 12.1. The molecule has 10 N–H and O–H groups in total. The lowest BCUT2D eigenvalue weighted by Crippen LogP contribution is -2.46. The number of carbonyl (C=O) groups excluding carboxylic acids is 2. The predicted octanol–water partition coefficient (Wildman–Crippen LogP) is 3.75. The van der Waals surface area contributed by atoms with Crippen LogP contribution in [0, 0.1) is 42.3 Å². The number of aliphatic hydroxyl groups is 4. The van der Waals surface area contributed by atoms with Crippen LogP contribution < -0.4 is 31.6 Å². The topological polar surface area (TPSA) is 376 Å². The zero-order chi connectivity index (χ0) is 62.9. The van der Waals surface area contributed by atoms with Gasteiger partial charge in [0.25, 0.3) is 11.1 Å². The maximum Gasteiger partial charge on any atom is 0.380 e.